The van der Waals surface area contributed by atoms with E-state index in [1.807, 2.05) is 0 Å². The molecule has 0 aliphatic carbocycles. The number of unbranched alkanes of at least 4 members (excludes halogenated alkanes) is 5. The summed E-state index contributed by atoms with van der Waals surface area (Å²) in [5, 5.41) is 9.24. The molecule has 0 unspecified atom stereocenters. The first-order valence-corrected chi connectivity index (χ1v) is 9.99. The van der Waals surface area contributed by atoms with Gasteiger partial charge in [0.25, 0.3) is 0 Å². The first kappa shape index (κ1) is 22.4. The average molecular weight is 400 g/mol. The number of ether oxygens (including phenoxy) is 3. The van der Waals surface area contributed by atoms with Gasteiger partial charge in [-0.05, 0) is 36.8 Å². The summed E-state index contributed by atoms with van der Waals surface area (Å²) < 4.78 is 15.7. The van der Waals surface area contributed by atoms with Crippen molar-refractivity contribution < 1.29 is 28.9 Å². The van der Waals surface area contributed by atoms with Gasteiger partial charge in [0.1, 0.15) is 17.2 Å². The van der Waals surface area contributed by atoms with E-state index in [1.165, 1.54) is 31.7 Å². The molecule has 0 saturated carbocycles. The highest BCUT2D eigenvalue weighted by Gasteiger charge is 2.20. The summed E-state index contributed by atoms with van der Waals surface area (Å²) in [6, 6.07) is 12.9. The minimum atomic E-state index is -1.16. The van der Waals surface area contributed by atoms with E-state index >= 15 is 0 Å². The first-order chi connectivity index (χ1) is 14.1. The fraction of sp³-hybridized carbons (Fsp3) is 0.391. The van der Waals surface area contributed by atoms with Crippen molar-refractivity contribution in [3.8, 4) is 17.2 Å². The zero-order chi connectivity index (χ0) is 20.9. The predicted octanol–water partition coefficient (Wildman–Crippen LogP) is 4.43. The van der Waals surface area contributed by atoms with Crippen LogP contribution in [0.3, 0.4) is 0 Å². The average Bonchev–Trinajstić information content (AvgIpc) is 2.74. The summed E-state index contributed by atoms with van der Waals surface area (Å²) in [5.74, 6) is -1.28. The molecule has 6 nitrogen and oxygen atoms in total. The number of para-hydroxylation sites is 1. The van der Waals surface area contributed by atoms with E-state index in [4.69, 9.17) is 14.2 Å². The molecule has 0 aliphatic rings. The van der Waals surface area contributed by atoms with Crippen LogP contribution in [0.25, 0.3) is 0 Å². The Hall–Kier alpha value is -2.86. The number of aliphatic hydroxyl groups excluding tert-OH is 1. The molecule has 0 aromatic heterocycles. The first-order valence-electron chi connectivity index (χ1n) is 9.99. The molecule has 0 saturated heterocycles. The second-order valence-electron chi connectivity index (χ2n) is 6.63. The standard InChI is InChI=1S/C23H28O6/c1-2-3-4-5-6-9-16-27-19-12-14-20(15-13-19)28-22(25)23(26)29-21-11-8-7-10-18(21)17-24/h7-8,10-15,24H,2-6,9,16-17H2,1H3. The second-order valence-corrected chi connectivity index (χ2v) is 6.63. The van der Waals surface area contributed by atoms with Crippen molar-refractivity contribution >= 4 is 11.9 Å². The van der Waals surface area contributed by atoms with Gasteiger partial charge >= 0.3 is 11.9 Å². The molecule has 156 valence electrons. The number of esters is 2. The quantitative estimate of drug-likeness (QED) is 0.260. The maximum Gasteiger partial charge on any atom is 0.423 e. The highest BCUT2D eigenvalue weighted by Crippen LogP contribution is 2.20. The lowest BCUT2D eigenvalue weighted by molar-refractivity contribution is -0.156. The van der Waals surface area contributed by atoms with Gasteiger partial charge in [-0.2, -0.15) is 0 Å². The van der Waals surface area contributed by atoms with Crippen molar-refractivity contribution in [1.29, 1.82) is 0 Å². The maximum absolute atomic E-state index is 11.9. The molecule has 2 aromatic rings. The molecule has 0 radical (unpaired) electrons. The van der Waals surface area contributed by atoms with Crippen LogP contribution in [0.5, 0.6) is 17.2 Å². The van der Waals surface area contributed by atoms with Crippen LogP contribution < -0.4 is 14.2 Å². The Morgan fingerprint density at radius 2 is 1.41 bits per heavy atom. The molecule has 29 heavy (non-hydrogen) atoms. The Morgan fingerprint density at radius 1 is 0.793 bits per heavy atom. The van der Waals surface area contributed by atoms with Crippen LogP contribution in [0, 0.1) is 0 Å². The normalized spacial score (nSPS) is 10.4. The second kappa shape index (κ2) is 12.6. The largest absolute Gasteiger partial charge is 0.494 e. The maximum atomic E-state index is 11.9. The van der Waals surface area contributed by atoms with Crippen LogP contribution >= 0.6 is 0 Å². The summed E-state index contributed by atoms with van der Waals surface area (Å²) in [6.07, 6.45) is 7.16. The van der Waals surface area contributed by atoms with Gasteiger partial charge < -0.3 is 19.3 Å². The molecule has 0 heterocycles. The molecular formula is C23H28O6. The number of aliphatic hydroxyl groups is 1. The molecule has 0 bridgehead atoms. The Bertz CT molecular complexity index is 769. The van der Waals surface area contributed by atoms with Gasteiger partial charge in [-0.25, -0.2) is 9.59 Å². The Morgan fingerprint density at radius 3 is 2.14 bits per heavy atom. The Kier molecular flexibility index (Phi) is 9.72. The summed E-state index contributed by atoms with van der Waals surface area (Å²) in [4.78, 5) is 23.8. The van der Waals surface area contributed by atoms with Crippen molar-refractivity contribution in [1.82, 2.24) is 0 Å². The predicted molar refractivity (Wildman–Crippen MR) is 109 cm³/mol. The lowest BCUT2D eigenvalue weighted by Gasteiger charge is -2.09. The molecule has 1 N–H and O–H groups in total. The number of benzene rings is 2. The minimum absolute atomic E-state index is 0.121. The molecule has 0 aliphatic heterocycles. The molecule has 0 fully saturated rings. The van der Waals surface area contributed by atoms with E-state index < -0.39 is 11.9 Å². The van der Waals surface area contributed by atoms with E-state index in [0.717, 1.165) is 12.8 Å². The van der Waals surface area contributed by atoms with E-state index in [9.17, 15) is 14.7 Å². The topological polar surface area (TPSA) is 82.1 Å². The van der Waals surface area contributed by atoms with Crippen LogP contribution in [0.2, 0.25) is 0 Å². The summed E-state index contributed by atoms with van der Waals surface area (Å²) in [6.45, 7) is 2.53. The van der Waals surface area contributed by atoms with Crippen LogP contribution in [-0.2, 0) is 16.2 Å². The highest BCUT2D eigenvalue weighted by atomic mass is 16.6. The van der Waals surface area contributed by atoms with Gasteiger partial charge in [-0.1, -0.05) is 57.2 Å². The minimum Gasteiger partial charge on any atom is -0.494 e. The van der Waals surface area contributed by atoms with Crippen LogP contribution in [0.4, 0.5) is 0 Å². The van der Waals surface area contributed by atoms with Crippen LogP contribution in [0.1, 0.15) is 51.0 Å². The van der Waals surface area contributed by atoms with Crippen molar-refractivity contribution in [2.45, 2.75) is 52.1 Å². The smallest absolute Gasteiger partial charge is 0.423 e. The highest BCUT2D eigenvalue weighted by molar-refractivity contribution is 6.31. The molecule has 0 amide bonds. The lowest BCUT2D eigenvalue weighted by atomic mass is 10.1. The molecule has 2 aromatic carbocycles. The molecule has 2 rings (SSSR count). The zero-order valence-corrected chi connectivity index (χ0v) is 16.8. The van der Waals surface area contributed by atoms with Crippen molar-refractivity contribution in [3.05, 3.63) is 54.1 Å². The Balaban J connectivity index is 1.75. The van der Waals surface area contributed by atoms with Crippen molar-refractivity contribution in [3.63, 3.8) is 0 Å². The van der Waals surface area contributed by atoms with Gasteiger partial charge in [-0.3, -0.25) is 0 Å². The third-order valence-corrected chi connectivity index (χ3v) is 4.31. The summed E-state index contributed by atoms with van der Waals surface area (Å²) in [7, 11) is 0. The monoisotopic (exact) mass is 400 g/mol. The van der Waals surface area contributed by atoms with Crippen LogP contribution in [0.15, 0.2) is 48.5 Å². The zero-order valence-electron chi connectivity index (χ0n) is 16.8. The van der Waals surface area contributed by atoms with E-state index in [-0.39, 0.29) is 18.1 Å². The number of hydrogen-bond acceptors (Lipinski definition) is 6. The molecule has 6 heteroatoms. The molecular weight excluding hydrogens is 372 g/mol. The van der Waals surface area contributed by atoms with Gasteiger partial charge in [0, 0.05) is 5.56 Å². The Labute approximate surface area is 171 Å². The van der Waals surface area contributed by atoms with Gasteiger partial charge in [0.2, 0.25) is 0 Å². The third-order valence-electron chi connectivity index (χ3n) is 4.31. The fourth-order valence-corrected chi connectivity index (χ4v) is 2.70. The van der Waals surface area contributed by atoms with Gasteiger partial charge in [-0.15, -0.1) is 0 Å². The lowest BCUT2D eigenvalue weighted by Crippen LogP contribution is -2.25. The van der Waals surface area contributed by atoms with Gasteiger partial charge in [0.05, 0.1) is 13.2 Å². The molecule has 0 spiro atoms. The van der Waals surface area contributed by atoms with Crippen LogP contribution in [-0.4, -0.2) is 23.7 Å². The summed E-state index contributed by atoms with van der Waals surface area (Å²) in [5.41, 5.74) is 0.403. The van der Waals surface area contributed by atoms with Crippen molar-refractivity contribution in [2.24, 2.45) is 0 Å². The van der Waals surface area contributed by atoms with E-state index in [1.54, 1.807) is 42.5 Å². The number of carbonyl (C=O) groups excluding carboxylic acids is 2. The fourth-order valence-electron chi connectivity index (χ4n) is 2.70. The van der Waals surface area contributed by atoms with E-state index in [2.05, 4.69) is 6.92 Å². The third kappa shape index (κ3) is 7.95. The number of hydrogen-bond donors (Lipinski definition) is 1. The van der Waals surface area contributed by atoms with Crippen molar-refractivity contribution in [2.75, 3.05) is 6.61 Å². The number of carbonyl (C=O) groups is 2. The SMILES string of the molecule is CCCCCCCCOc1ccc(OC(=O)C(=O)Oc2ccccc2CO)cc1. The summed E-state index contributed by atoms with van der Waals surface area (Å²) >= 11 is 0. The number of rotatable bonds is 11. The molecule has 0 atom stereocenters. The van der Waals surface area contributed by atoms with E-state index in [0.29, 0.717) is 17.9 Å². The van der Waals surface area contributed by atoms with Gasteiger partial charge in [0.15, 0.2) is 0 Å².